The van der Waals surface area contributed by atoms with Crippen LogP contribution in [0.5, 0.6) is 11.5 Å². The molecule has 0 spiro atoms. The third-order valence-electron chi connectivity index (χ3n) is 6.94. The first-order valence-electron chi connectivity index (χ1n) is 12.0. The lowest BCUT2D eigenvalue weighted by Gasteiger charge is -2.38. The number of carbonyl (C=O) groups is 1. The molecule has 0 unspecified atom stereocenters. The average Bonchev–Trinajstić information content (AvgIpc) is 3.49. The van der Waals surface area contributed by atoms with Gasteiger partial charge in [-0.15, -0.1) is 11.3 Å². The lowest BCUT2D eigenvalue weighted by Crippen LogP contribution is -2.45. The summed E-state index contributed by atoms with van der Waals surface area (Å²) in [6.07, 6.45) is 1.50. The molecule has 5 rings (SSSR count). The first-order valence-corrected chi connectivity index (χ1v) is 12.8. The van der Waals surface area contributed by atoms with Crippen LogP contribution in [0, 0.1) is 0 Å². The standard InChI is InChI=1S/C27H31N3O4S/c1-16-11-17(26-13-20-23(33-2)6-4-8-25(20)35-26)9-10-30(16)14-18(31)15-34-24-7-3-5-21-19(24)12-22(29-21)27(28)32/h3-8,12-13,16-18,29,31H,9-11,14-15H2,1-2H3,(H2,28,32)/t16-,17+,18+/m1/s1. The van der Waals surface area contributed by atoms with Gasteiger partial charge in [-0.3, -0.25) is 9.69 Å². The van der Waals surface area contributed by atoms with Crippen molar-refractivity contribution in [2.45, 2.75) is 37.8 Å². The molecule has 1 fully saturated rings. The normalized spacial score (nSPS) is 19.7. The Morgan fingerprint density at radius 3 is 2.80 bits per heavy atom. The van der Waals surface area contributed by atoms with Crippen molar-refractivity contribution >= 4 is 38.2 Å². The summed E-state index contributed by atoms with van der Waals surface area (Å²) in [7, 11) is 1.72. The molecule has 3 atom stereocenters. The Kier molecular flexibility index (Phi) is 6.69. The van der Waals surface area contributed by atoms with Gasteiger partial charge in [-0.1, -0.05) is 12.1 Å². The zero-order valence-electron chi connectivity index (χ0n) is 20.0. The number of fused-ring (bicyclic) bond motifs is 2. The van der Waals surface area contributed by atoms with Crippen molar-refractivity contribution in [3.8, 4) is 11.5 Å². The van der Waals surface area contributed by atoms with E-state index >= 15 is 0 Å². The summed E-state index contributed by atoms with van der Waals surface area (Å²) in [5, 5.41) is 12.7. The number of H-pyrrole nitrogens is 1. The molecular formula is C27H31N3O4S. The third-order valence-corrected chi connectivity index (χ3v) is 8.21. The van der Waals surface area contributed by atoms with Gasteiger partial charge in [-0.25, -0.2) is 0 Å². The van der Waals surface area contributed by atoms with Crippen molar-refractivity contribution in [3.63, 3.8) is 0 Å². The smallest absolute Gasteiger partial charge is 0.265 e. The minimum atomic E-state index is -0.618. The van der Waals surface area contributed by atoms with Crippen LogP contribution in [0.3, 0.4) is 0 Å². The average molecular weight is 494 g/mol. The molecule has 2 aromatic carbocycles. The highest BCUT2D eigenvalue weighted by molar-refractivity contribution is 7.19. The van der Waals surface area contributed by atoms with Crippen molar-refractivity contribution in [3.05, 3.63) is 59.1 Å². The van der Waals surface area contributed by atoms with Crippen molar-refractivity contribution in [2.75, 3.05) is 26.8 Å². The van der Waals surface area contributed by atoms with Gasteiger partial charge in [0.25, 0.3) is 5.91 Å². The molecule has 184 valence electrons. The number of nitrogens with two attached hydrogens (primary N) is 1. The van der Waals surface area contributed by atoms with E-state index in [1.165, 1.54) is 15.0 Å². The molecule has 0 aliphatic carbocycles. The molecule has 0 radical (unpaired) electrons. The number of nitrogens with one attached hydrogen (secondary N) is 1. The predicted octanol–water partition coefficient (Wildman–Crippen LogP) is 4.50. The maximum atomic E-state index is 11.5. The van der Waals surface area contributed by atoms with Gasteiger partial charge in [0.2, 0.25) is 0 Å². The molecular weight excluding hydrogens is 462 g/mol. The molecule has 1 aliphatic rings. The number of aliphatic hydroxyl groups excluding tert-OH is 1. The maximum Gasteiger partial charge on any atom is 0.265 e. The van der Waals surface area contributed by atoms with E-state index in [0.717, 1.165) is 36.0 Å². The SMILES string of the molecule is COc1cccc2sc([C@H]3CCN(C[C@H](O)COc4cccc5[nH]c(C(N)=O)cc45)[C@H](C)C3)cc12. The molecule has 4 aromatic rings. The number of methoxy groups -OCH3 is 1. The van der Waals surface area contributed by atoms with Crippen LogP contribution in [0.2, 0.25) is 0 Å². The van der Waals surface area contributed by atoms with Gasteiger partial charge in [0.15, 0.2) is 0 Å². The lowest BCUT2D eigenvalue weighted by molar-refractivity contribution is 0.0408. The summed E-state index contributed by atoms with van der Waals surface area (Å²) in [5.74, 6) is 1.55. The molecule has 8 heteroatoms. The zero-order valence-corrected chi connectivity index (χ0v) is 20.8. The fourth-order valence-corrected chi connectivity index (χ4v) is 6.31. The second-order valence-electron chi connectivity index (χ2n) is 9.32. The van der Waals surface area contributed by atoms with Gasteiger partial charge < -0.3 is 25.3 Å². The number of nitrogens with zero attached hydrogens (tertiary/aromatic N) is 1. The molecule has 2 aromatic heterocycles. The first-order chi connectivity index (χ1) is 16.9. The van der Waals surface area contributed by atoms with E-state index in [-0.39, 0.29) is 6.61 Å². The number of ether oxygens (including phenoxy) is 2. The van der Waals surface area contributed by atoms with E-state index in [4.69, 9.17) is 15.2 Å². The van der Waals surface area contributed by atoms with Crippen LogP contribution in [-0.2, 0) is 0 Å². The fourth-order valence-electron chi connectivity index (χ4n) is 5.08. The monoisotopic (exact) mass is 493 g/mol. The van der Waals surface area contributed by atoms with E-state index < -0.39 is 12.0 Å². The number of β-amino-alcohol motifs (C(OH)–C–C–N with tert-alkyl or cyclic N) is 1. The Balaban J connectivity index is 1.18. The van der Waals surface area contributed by atoms with E-state index in [1.54, 1.807) is 13.2 Å². The third kappa shape index (κ3) is 4.87. The summed E-state index contributed by atoms with van der Waals surface area (Å²) < 4.78 is 12.7. The summed E-state index contributed by atoms with van der Waals surface area (Å²) >= 11 is 1.86. The molecule has 4 N–H and O–H groups in total. The van der Waals surface area contributed by atoms with Crippen LogP contribution in [0.1, 0.15) is 41.0 Å². The van der Waals surface area contributed by atoms with E-state index in [0.29, 0.717) is 29.9 Å². The highest BCUT2D eigenvalue weighted by atomic mass is 32.1. The van der Waals surface area contributed by atoms with Gasteiger partial charge in [-0.2, -0.15) is 0 Å². The van der Waals surface area contributed by atoms with Crippen LogP contribution in [0.4, 0.5) is 0 Å². The summed E-state index contributed by atoms with van der Waals surface area (Å²) in [6.45, 7) is 3.91. The predicted molar refractivity (Wildman–Crippen MR) is 140 cm³/mol. The quantitative estimate of drug-likeness (QED) is 0.336. The molecule has 0 saturated carbocycles. The highest BCUT2D eigenvalue weighted by Gasteiger charge is 2.29. The van der Waals surface area contributed by atoms with Crippen LogP contribution in [0.15, 0.2) is 48.5 Å². The number of likely N-dealkylation sites (tertiary alicyclic amines) is 1. The number of carbonyl (C=O) groups excluding carboxylic acids is 1. The number of piperidine rings is 1. The topological polar surface area (TPSA) is 101 Å². The number of hydrogen-bond donors (Lipinski definition) is 3. The van der Waals surface area contributed by atoms with Crippen molar-refractivity contribution < 1.29 is 19.4 Å². The van der Waals surface area contributed by atoms with Crippen LogP contribution in [-0.4, -0.2) is 59.8 Å². The zero-order chi connectivity index (χ0) is 24.5. The second kappa shape index (κ2) is 9.89. The molecule has 1 amide bonds. The van der Waals surface area contributed by atoms with Crippen molar-refractivity contribution in [2.24, 2.45) is 5.73 Å². The largest absolute Gasteiger partial charge is 0.496 e. The lowest BCUT2D eigenvalue weighted by atomic mass is 9.90. The minimum Gasteiger partial charge on any atom is -0.496 e. The summed E-state index contributed by atoms with van der Waals surface area (Å²) in [4.78, 5) is 18.2. The minimum absolute atomic E-state index is 0.180. The molecule has 3 heterocycles. The number of amides is 1. The fraction of sp³-hybridized carbons (Fsp3) is 0.370. The highest BCUT2D eigenvalue weighted by Crippen LogP contribution is 2.40. The number of primary amides is 1. The maximum absolute atomic E-state index is 11.5. The molecule has 7 nitrogen and oxygen atoms in total. The Morgan fingerprint density at radius 1 is 1.23 bits per heavy atom. The molecule has 0 bridgehead atoms. The number of aromatic amines is 1. The van der Waals surface area contributed by atoms with Crippen LogP contribution in [0.25, 0.3) is 21.0 Å². The summed E-state index contributed by atoms with van der Waals surface area (Å²) in [5.41, 5.74) is 6.50. The Hall–Kier alpha value is -3.07. The van der Waals surface area contributed by atoms with Gasteiger partial charge >= 0.3 is 0 Å². The molecule has 1 saturated heterocycles. The van der Waals surface area contributed by atoms with Gasteiger partial charge in [-0.05, 0) is 68.6 Å². The van der Waals surface area contributed by atoms with Gasteiger partial charge in [0.1, 0.15) is 29.9 Å². The number of rotatable bonds is 8. The number of thiophene rings is 1. The van der Waals surface area contributed by atoms with Crippen molar-refractivity contribution in [1.29, 1.82) is 0 Å². The Bertz CT molecular complexity index is 1350. The van der Waals surface area contributed by atoms with Crippen LogP contribution >= 0.6 is 11.3 Å². The summed E-state index contributed by atoms with van der Waals surface area (Å²) in [6, 6.07) is 16.1. The Labute approximate surface area is 208 Å². The van der Waals surface area contributed by atoms with Crippen molar-refractivity contribution in [1.82, 2.24) is 9.88 Å². The number of aliphatic hydroxyl groups is 1. The molecule has 1 aliphatic heterocycles. The van der Waals surface area contributed by atoms with Crippen LogP contribution < -0.4 is 15.2 Å². The van der Waals surface area contributed by atoms with E-state index in [1.807, 2.05) is 41.7 Å². The second-order valence-corrected chi connectivity index (χ2v) is 10.4. The number of hydrogen-bond acceptors (Lipinski definition) is 6. The number of benzene rings is 2. The Morgan fingerprint density at radius 2 is 2.03 bits per heavy atom. The van der Waals surface area contributed by atoms with E-state index in [9.17, 15) is 9.90 Å². The first kappa shape index (κ1) is 23.7. The van der Waals surface area contributed by atoms with Gasteiger partial charge in [0, 0.05) is 38.5 Å². The van der Waals surface area contributed by atoms with Gasteiger partial charge in [0.05, 0.1) is 7.11 Å². The molecule has 35 heavy (non-hydrogen) atoms. The number of aromatic nitrogens is 1. The van der Waals surface area contributed by atoms with E-state index in [2.05, 4.69) is 28.9 Å².